The second-order valence-corrected chi connectivity index (χ2v) is 9.76. The minimum Gasteiger partial charge on any atom is -0.394 e. The number of aliphatic hydroxyl groups excluding tert-OH is 4. The third kappa shape index (κ3) is 28.3. The molecule has 0 radical (unpaired) electrons. The summed E-state index contributed by atoms with van der Waals surface area (Å²) in [4.78, 5) is 33.9. The summed E-state index contributed by atoms with van der Waals surface area (Å²) >= 11 is 0. The van der Waals surface area contributed by atoms with Crippen LogP contribution in [0.1, 0.15) is 52.9 Å². The Morgan fingerprint density at radius 1 is 0.708 bits per heavy atom. The summed E-state index contributed by atoms with van der Waals surface area (Å²) in [6.45, 7) is 12.1. The van der Waals surface area contributed by atoms with Crippen LogP contribution in [0.5, 0.6) is 0 Å². The number of rotatable bonds is 20. The van der Waals surface area contributed by atoms with Crippen molar-refractivity contribution in [2.75, 3.05) is 104 Å². The third-order valence-electron chi connectivity index (χ3n) is 5.92. The molecule has 2 aliphatic heterocycles. The molecular formula is C33H61N3O12. The number of aliphatic hydroxyl groups is 4. The van der Waals surface area contributed by atoms with E-state index in [0.717, 1.165) is 45.4 Å². The smallest absolute Gasteiger partial charge is 0.258 e. The van der Waals surface area contributed by atoms with Crippen molar-refractivity contribution in [1.29, 1.82) is 0 Å². The maximum absolute atomic E-state index is 12.1. The summed E-state index contributed by atoms with van der Waals surface area (Å²) in [5, 5.41) is 37.1. The van der Waals surface area contributed by atoms with Gasteiger partial charge in [0, 0.05) is 26.2 Å². The molecule has 48 heavy (non-hydrogen) atoms. The highest BCUT2D eigenvalue weighted by Crippen LogP contribution is 2.22. The van der Waals surface area contributed by atoms with E-state index in [9.17, 15) is 14.4 Å². The zero-order chi connectivity index (χ0) is 36.1. The number of carbonyl (C=O) groups is 3. The maximum Gasteiger partial charge on any atom is 0.258 e. The number of ether oxygens (including phenoxy) is 5. The molecule has 3 rings (SSSR count). The second kappa shape index (κ2) is 37.1. The van der Waals surface area contributed by atoms with Crippen LogP contribution in [0.2, 0.25) is 0 Å². The van der Waals surface area contributed by atoms with E-state index in [1.807, 2.05) is 39.0 Å². The molecule has 1 aromatic rings. The first kappa shape index (κ1) is 47.4. The zero-order valence-electron chi connectivity index (χ0n) is 29.1. The number of amides is 3. The molecule has 2 saturated heterocycles. The van der Waals surface area contributed by atoms with Gasteiger partial charge in [-0.25, -0.2) is 5.01 Å². The Morgan fingerprint density at radius 3 is 1.50 bits per heavy atom. The molecule has 2 aliphatic rings. The summed E-state index contributed by atoms with van der Waals surface area (Å²) in [7, 11) is 0. The highest BCUT2D eigenvalue weighted by atomic mass is 16.5. The largest absolute Gasteiger partial charge is 0.394 e. The summed E-state index contributed by atoms with van der Waals surface area (Å²) < 4.78 is 24.3. The highest BCUT2D eigenvalue weighted by molar-refractivity contribution is 6.14. The zero-order valence-corrected chi connectivity index (χ0v) is 29.1. The van der Waals surface area contributed by atoms with Crippen molar-refractivity contribution >= 4 is 23.4 Å². The van der Waals surface area contributed by atoms with Crippen LogP contribution in [0.25, 0.3) is 0 Å². The Labute approximate surface area is 285 Å². The minimum atomic E-state index is -0.518. The lowest BCUT2D eigenvalue weighted by Crippen LogP contribution is -2.35. The SMILES string of the molecule is CCCCC1C(=O)NN(c2ccccc2)C1=O.CCOCC.O=C1CCCN1.OCCOCCOCCO.OCCOCCOCCO. The first-order valence-electron chi connectivity index (χ1n) is 16.7. The van der Waals surface area contributed by atoms with Crippen molar-refractivity contribution in [2.24, 2.45) is 5.92 Å². The van der Waals surface area contributed by atoms with Crippen molar-refractivity contribution in [3.05, 3.63) is 30.3 Å². The van der Waals surface area contributed by atoms with Crippen LogP contribution in [0.15, 0.2) is 30.3 Å². The molecule has 0 bridgehead atoms. The summed E-state index contributed by atoms with van der Waals surface area (Å²) in [6.07, 6.45) is 4.28. The quantitative estimate of drug-likeness (QED) is 0.0831. The number of nitrogens with one attached hydrogen (secondary N) is 2. The summed E-state index contributed by atoms with van der Waals surface area (Å²) in [5.74, 6) is -0.646. The normalized spacial score (nSPS) is 14.7. The molecule has 1 unspecified atom stereocenters. The number of hydrogen-bond donors (Lipinski definition) is 6. The van der Waals surface area contributed by atoms with Gasteiger partial charge < -0.3 is 49.4 Å². The molecule has 3 amide bonds. The number of benzene rings is 1. The van der Waals surface area contributed by atoms with Crippen LogP contribution in [0, 0.1) is 5.92 Å². The number of anilines is 1. The lowest BCUT2D eigenvalue weighted by atomic mass is 10.0. The number of hydrazine groups is 1. The predicted octanol–water partition coefficient (Wildman–Crippen LogP) is 0.818. The number of para-hydroxylation sites is 1. The van der Waals surface area contributed by atoms with E-state index in [1.165, 1.54) is 5.01 Å². The fourth-order valence-corrected chi connectivity index (χ4v) is 3.61. The Morgan fingerprint density at radius 2 is 1.19 bits per heavy atom. The molecule has 15 nitrogen and oxygen atoms in total. The van der Waals surface area contributed by atoms with E-state index < -0.39 is 5.92 Å². The van der Waals surface area contributed by atoms with Crippen molar-refractivity contribution < 1.29 is 58.5 Å². The molecule has 15 heteroatoms. The van der Waals surface area contributed by atoms with Gasteiger partial charge in [-0.3, -0.25) is 19.8 Å². The second-order valence-electron chi connectivity index (χ2n) is 9.76. The van der Waals surface area contributed by atoms with E-state index in [-0.39, 0.29) is 44.1 Å². The number of hydrogen-bond acceptors (Lipinski definition) is 12. The van der Waals surface area contributed by atoms with Gasteiger partial charge in [0.1, 0.15) is 5.92 Å². The molecule has 1 aromatic carbocycles. The molecule has 1 atom stereocenters. The summed E-state index contributed by atoms with van der Waals surface area (Å²) in [5.41, 5.74) is 3.34. The van der Waals surface area contributed by atoms with E-state index in [2.05, 4.69) is 10.7 Å². The third-order valence-corrected chi connectivity index (χ3v) is 5.92. The van der Waals surface area contributed by atoms with Crippen molar-refractivity contribution in [1.82, 2.24) is 10.7 Å². The molecular weight excluding hydrogens is 630 g/mol. The molecule has 280 valence electrons. The Hall–Kier alpha value is -2.73. The Bertz CT molecular complexity index is 826. The first-order chi connectivity index (χ1) is 23.4. The van der Waals surface area contributed by atoms with Crippen LogP contribution in [0.4, 0.5) is 5.69 Å². The van der Waals surface area contributed by atoms with E-state index >= 15 is 0 Å². The monoisotopic (exact) mass is 691 g/mol. The lowest BCUT2D eigenvalue weighted by Gasteiger charge is -2.14. The Balaban J connectivity index is 0. The van der Waals surface area contributed by atoms with Crippen LogP contribution in [-0.2, 0) is 38.1 Å². The van der Waals surface area contributed by atoms with Gasteiger partial charge in [0.15, 0.2) is 0 Å². The predicted molar refractivity (Wildman–Crippen MR) is 181 cm³/mol. The van der Waals surface area contributed by atoms with E-state index in [4.69, 9.17) is 44.1 Å². The number of nitrogens with zero attached hydrogens (tertiary/aromatic N) is 1. The average Bonchev–Trinajstić information content (AvgIpc) is 3.70. The number of unbranched alkanes of at least 4 members (excludes halogenated alkanes) is 1. The van der Waals surface area contributed by atoms with Gasteiger partial charge in [-0.15, -0.1) is 0 Å². The molecule has 2 fully saturated rings. The van der Waals surface area contributed by atoms with Crippen LogP contribution in [-0.4, -0.2) is 137 Å². The average molecular weight is 692 g/mol. The Kier molecular flexibility index (Phi) is 36.6. The van der Waals surface area contributed by atoms with Crippen molar-refractivity contribution in [3.8, 4) is 0 Å². The molecule has 0 aromatic heterocycles. The molecule has 0 aliphatic carbocycles. The van der Waals surface area contributed by atoms with E-state index in [1.54, 1.807) is 12.1 Å². The van der Waals surface area contributed by atoms with Gasteiger partial charge in [0.05, 0.1) is 85.0 Å². The molecule has 2 heterocycles. The minimum absolute atomic E-state index is 0.0417. The highest BCUT2D eigenvalue weighted by Gasteiger charge is 2.39. The molecule has 0 spiro atoms. The van der Waals surface area contributed by atoms with Gasteiger partial charge in [0.25, 0.3) is 11.8 Å². The van der Waals surface area contributed by atoms with Crippen LogP contribution < -0.4 is 15.8 Å². The molecule has 6 N–H and O–H groups in total. The van der Waals surface area contributed by atoms with Crippen LogP contribution >= 0.6 is 0 Å². The first-order valence-corrected chi connectivity index (χ1v) is 16.7. The van der Waals surface area contributed by atoms with Crippen LogP contribution in [0.3, 0.4) is 0 Å². The summed E-state index contributed by atoms with van der Waals surface area (Å²) in [6, 6.07) is 9.17. The standard InChI is InChI=1S/C13H16N2O2.2C6H14O4.C4H7NO.C4H10O/c1-2-3-9-11-12(16)14-15(13(11)17)10-7-5-4-6-8-10;2*7-1-3-9-5-6-10-4-2-8;6-4-2-1-3-5-4;1-3-5-4-2/h4-8,11H,2-3,9H2,1H3,(H,14,16);2*7-8H,1-6H2;1-3H2,(H,5,6);3-4H2,1-2H3. The van der Waals surface area contributed by atoms with Crippen molar-refractivity contribution in [2.45, 2.75) is 52.9 Å². The van der Waals surface area contributed by atoms with E-state index in [0.29, 0.717) is 65.0 Å². The van der Waals surface area contributed by atoms with Gasteiger partial charge in [-0.05, 0) is 38.8 Å². The van der Waals surface area contributed by atoms with Gasteiger partial charge in [0.2, 0.25) is 5.91 Å². The van der Waals surface area contributed by atoms with Gasteiger partial charge in [-0.1, -0.05) is 38.0 Å². The van der Waals surface area contributed by atoms with Gasteiger partial charge in [-0.2, -0.15) is 0 Å². The van der Waals surface area contributed by atoms with Gasteiger partial charge >= 0.3 is 0 Å². The number of carbonyl (C=O) groups excluding carboxylic acids is 3. The fourth-order valence-electron chi connectivity index (χ4n) is 3.61. The maximum atomic E-state index is 12.1. The van der Waals surface area contributed by atoms with Crippen molar-refractivity contribution in [3.63, 3.8) is 0 Å². The fraction of sp³-hybridized carbons (Fsp3) is 0.727. The molecule has 0 saturated carbocycles. The lowest BCUT2D eigenvalue weighted by molar-refractivity contribution is -0.128. The topological polar surface area (TPSA) is 206 Å².